The molecule has 4 heteroatoms. The Balaban J connectivity index is 2.89. The minimum Gasteiger partial charge on any atom is -0.398 e. The zero-order valence-electron chi connectivity index (χ0n) is 7.16. The van der Waals surface area contributed by atoms with Gasteiger partial charge in [-0.25, -0.2) is 4.98 Å². The smallest absolute Gasteiger partial charge is 0.136 e. The minimum absolute atomic E-state index is 0.388. The third kappa shape index (κ3) is 1.26. The molecule has 0 fully saturated rings. The number of pyridine rings is 1. The second-order valence-electron chi connectivity index (χ2n) is 2.87. The normalized spacial score (nSPS) is 10.0. The largest absolute Gasteiger partial charge is 0.398 e. The monoisotopic (exact) mass is 203 g/mol. The van der Waals surface area contributed by atoms with Crippen molar-refractivity contribution >= 4 is 28.1 Å². The van der Waals surface area contributed by atoms with E-state index in [-0.39, 0.29) is 0 Å². The summed E-state index contributed by atoms with van der Waals surface area (Å²) in [5.74, 6) is 0. The molecule has 0 aliphatic carbocycles. The van der Waals surface area contributed by atoms with E-state index >= 15 is 0 Å². The van der Waals surface area contributed by atoms with Crippen molar-refractivity contribution in [2.24, 2.45) is 0 Å². The third-order valence-electron chi connectivity index (χ3n) is 2.01. The summed E-state index contributed by atoms with van der Waals surface area (Å²) in [5, 5.41) is 10.8. The van der Waals surface area contributed by atoms with Crippen molar-refractivity contribution in [2.75, 3.05) is 5.73 Å². The van der Waals surface area contributed by atoms with Crippen LogP contribution in [0.1, 0.15) is 5.56 Å². The summed E-state index contributed by atoms with van der Waals surface area (Å²) in [6, 6.07) is 7.18. The van der Waals surface area contributed by atoms with E-state index in [4.69, 9.17) is 22.6 Å². The van der Waals surface area contributed by atoms with E-state index in [9.17, 15) is 0 Å². The molecule has 0 saturated heterocycles. The van der Waals surface area contributed by atoms with Crippen LogP contribution in [0, 0.1) is 11.3 Å². The van der Waals surface area contributed by atoms with Gasteiger partial charge in [-0.15, -0.1) is 0 Å². The van der Waals surface area contributed by atoms with E-state index < -0.39 is 0 Å². The zero-order valence-corrected chi connectivity index (χ0v) is 7.92. The number of benzene rings is 1. The molecule has 0 aliphatic heterocycles. The Kier molecular flexibility index (Phi) is 1.99. The number of aromatic nitrogens is 1. The number of hydrogen-bond donors (Lipinski definition) is 1. The summed E-state index contributed by atoms with van der Waals surface area (Å²) < 4.78 is 0. The van der Waals surface area contributed by atoms with Gasteiger partial charge in [0.15, 0.2) is 0 Å². The van der Waals surface area contributed by atoms with E-state index in [1.54, 1.807) is 24.4 Å². The number of nitriles is 1. The predicted molar refractivity (Wildman–Crippen MR) is 55.9 cm³/mol. The van der Waals surface area contributed by atoms with Crippen LogP contribution in [0.25, 0.3) is 10.8 Å². The molecule has 0 unspecified atom stereocenters. The standard InChI is InChI=1S/C10H6ClN3/c11-10-8-3-7(5-12)9(13)4-6(8)1-2-14-10/h1-4H,13H2. The van der Waals surface area contributed by atoms with E-state index in [0.717, 1.165) is 10.8 Å². The van der Waals surface area contributed by atoms with Gasteiger partial charge in [0.25, 0.3) is 0 Å². The lowest BCUT2D eigenvalue weighted by atomic mass is 10.1. The van der Waals surface area contributed by atoms with Gasteiger partial charge in [0.2, 0.25) is 0 Å². The molecule has 1 heterocycles. The maximum Gasteiger partial charge on any atom is 0.136 e. The van der Waals surface area contributed by atoms with Crippen molar-refractivity contribution in [3.05, 3.63) is 35.1 Å². The van der Waals surface area contributed by atoms with Crippen LogP contribution in [0.4, 0.5) is 5.69 Å². The van der Waals surface area contributed by atoms with Crippen molar-refractivity contribution in [3.8, 4) is 6.07 Å². The molecule has 0 aliphatic rings. The first-order valence-corrected chi connectivity index (χ1v) is 4.34. The highest BCUT2D eigenvalue weighted by molar-refractivity contribution is 6.34. The zero-order chi connectivity index (χ0) is 10.1. The summed E-state index contributed by atoms with van der Waals surface area (Å²) in [6.07, 6.45) is 1.61. The molecule has 2 N–H and O–H groups in total. The molecule has 1 aromatic carbocycles. The fourth-order valence-corrected chi connectivity index (χ4v) is 1.52. The molecule has 3 nitrogen and oxygen atoms in total. The molecule has 0 amide bonds. The first kappa shape index (κ1) is 8.79. The van der Waals surface area contributed by atoms with E-state index in [2.05, 4.69) is 4.98 Å². The number of nitrogen functional groups attached to an aromatic ring is 1. The number of halogens is 1. The van der Waals surface area contributed by atoms with Crippen LogP contribution in [0.5, 0.6) is 0 Å². The molecule has 0 spiro atoms. The number of fused-ring (bicyclic) bond motifs is 1. The SMILES string of the molecule is N#Cc1cc2c(Cl)nccc2cc1N. The van der Waals surface area contributed by atoms with Crippen molar-refractivity contribution in [3.63, 3.8) is 0 Å². The highest BCUT2D eigenvalue weighted by Crippen LogP contribution is 2.25. The molecule has 2 rings (SSSR count). The van der Waals surface area contributed by atoms with Crippen LogP contribution >= 0.6 is 11.6 Å². The van der Waals surface area contributed by atoms with Gasteiger partial charge in [0, 0.05) is 11.6 Å². The van der Waals surface area contributed by atoms with E-state index in [1.807, 2.05) is 6.07 Å². The van der Waals surface area contributed by atoms with Gasteiger partial charge in [-0.2, -0.15) is 5.26 Å². The number of anilines is 1. The Morgan fingerprint density at radius 3 is 2.93 bits per heavy atom. The third-order valence-corrected chi connectivity index (χ3v) is 2.31. The quantitative estimate of drug-likeness (QED) is 0.528. The molecule has 0 atom stereocenters. The van der Waals surface area contributed by atoms with E-state index in [0.29, 0.717) is 16.4 Å². The number of nitrogens with two attached hydrogens (primary N) is 1. The predicted octanol–water partition coefficient (Wildman–Crippen LogP) is 2.34. The lowest BCUT2D eigenvalue weighted by Gasteiger charge is -2.02. The van der Waals surface area contributed by atoms with Gasteiger partial charge in [-0.05, 0) is 23.6 Å². The Morgan fingerprint density at radius 1 is 1.43 bits per heavy atom. The van der Waals surface area contributed by atoms with Crippen LogP contribution < -0.4 is 5.73 Å². The lowest BCUT2D eigenvalue weighted by Crippen LogP contribution is -1.91. The highest BCUT2D eigenvalue weighted by Gasteiger charge is 2.04. The van der Waals surface area contributed by atoms with Gasteiger partial charge in [-0.3, -0.25) is 0 Å². The molecular formula is C10H6ClN3. The maximum atomic E-state index is 8.78. The topological polar surface area (TPSA) is 62.7 Å². The lowest BCUT2D eigenvalue weighted by molar-refractivity contribution is 1.36. The van der Waals surface area contributed by atoms with Crippen LogP contribution in [-0.4, -0.2) is 4.98 Å². The minimum atomic E-state index is 0.388. The molecule has 1 aromatic heterocycles. The molecule has 0 radical (unpaired) electrons. The highest BCUT2D eigenvalue weighted by atomic mass is 35.5. The molecular weight excluding hydrogens is 198 g/mol. The van der Waals surface area contributed by atoms with Gasteiger partial charge < -0.3 is 5.73 Å². The van der Waals surface area contributed by atoms with Gasteiger partial charge in [0.05, 0.1) is 11.3 Å². The molecule has 0 saturated carbocycles. The van der Waals surface area contributed by atoms with Crippen LogP contribution in [0.3, 0.4) is 0 Å². The molecule has 2 aromatic rings. The first-order valence-electron chi connectivity index (χ1n) is 3.96. The van der Waals surface area contributed by atoms with Crippen molar-refractivity contribution in [1.82, 2.24) is 4.98 Å². The van der Waals surface area contributed by atoms with Gasteiger partial charge >= 0.3 is 0 Å². The Bertz CT molecular complexity index is 543. The molecule has 0 bridgehead atoms. The van der Waals surface area contributed by atoms with Crippen molar-refractivity contribution in [2.45, 2.75) is 0 Å². The van der Waals surface area contributed by atoms with Crippen molar-refractivity contribution < 1.29 is 0 Å². The Hall–Kier alpha value is -1.79. The van der Waals surface area contributed by atoms with Crippen LogP contribution in [-0.2, 0) is 0 Å². The summed E-state index contributed by atoms with van der Waals surface area (Å²) in [6.45, 7) is 0. The summed E-state index contributed by atoms with van der Waals surface area (Å²) in [7, 11) is 0. The fourth-order valence-electron chi connectivity index (χ4n) is 1.30. The number of hydrogen-bond acceptors (Lipinski definition) is 3. The summed E-state index contributed by atoms with van der Waals surface area (Å²) >= 11 is 5.88. The van der Waals surface area contributed by atoms with Gasteiger partial charge in [0.1, 0.15) is 11.2 Å². The van der Waals surface area contributed by atoms with E-state index in [1.165, 1.54) is 0 Å². The van der Waals surface area contributed by atoms with Crippen LogP contribution in [0.15, 0.2) is 24.4 Å². The van der Waals surface area contributed by atoms with Crippen LogP contribution in [0.2, 0.25) is 5.15 Å². The first-order chi connectivity index (χ1) is 6.72. The Morgan fingerprint density at radius 2 is 2.21 bits per heavy atom. The molecule has 68 valence electrons. The number of rotatable bonds is 0. The van der Waals surface area contributed by atoms with Gasteiger partial charge in [-0.1, -0.05) is 11.6 Å². The Labute approximate surface area is 85.7 Å². The summed E-state index contributed by atoms with van der Waals surface area (Å²) in [4.78, 5) is 3.93. The maximum absolute atomic E-state index is 8.78. The fraction of sp³-hybridized carbons (Fsp3) is 0. The average Bonchev–Trinajstić information content (AvgIpc) is 2.17. The molecule has 14 heavy (non-hydrogen) atoms. The van der Waals surface area contributed by atoms with Crippen molar-refractivity contribution in [1.29, 1.82) is 5.26 Å². The second-order valence-corrected chi connectivity index (χ2v) is 3.23. The summed E-state index contributed by atoms with van der Waals surface area (Å²) in [5.41, 5.74) is 6.55. The average molecular weight is 204 g/mol. The number of nitrogens with zero attached hydrogens (tertiary/aromatic N) is 2. The second kappa shape index (κ2) is 3.17.